The Morgan fingerprint density at radius 1 is 0.955 bits per heavy atom. The highest BCUT2D eigenvalue weighted by atomic mass is 16.2. The molecule has 2 aliphatic rings. The smallest absolute Gasteiger partial charge is 0.220 e. The number of amides is 2. The molecule has 122 valence electrons. The summed E-state index contributed by atoms with van der Waals surface area (Å²) in [6, 6.07) is 0. The number of rotatable bonds is 8. The first-order valence-corrected chi connectivity index (χ1v) is 8.71. The number of nitrogens with one attached hydrogen (secondary N) is 2. The van der Waals surface area contributed by atoms with E-state index in [4.69, 9.17) is 0 Å². The lowest BCUT2D eigenvalue weighted by molar-refractivity contribution is -0.123. The number of unbranched alkanes of at least 4 members (excludes halogenated alkanes) is 1. The first kappa shape index (κ1) is 16.9. The Bertz CT molecular complexity index is 432. The Morgan fingerprint density at radius 2 is 1.50 bits per heavy atom. The second kappa shape index (κ2) is 8.82. The van der Waals surface area contributed by atoms with Crippen LogP contribution in [0.5, 0.6) is 0 Å². The molecule has 2 unspecified atom stereocenters. The number of carbonyl (C=O) groups is 2. The normalized spacial score (nSPS) is 25.8. The van der Waals surface area contributed by atoms with Crippen LogP contribution in [0.1, 0.15) is 58.3 Å². The summed E-state index contributed by atoms with van der Waals surface area (Å²) in [5.74, 6) is 8.88. The van der Waals surface area contributed by atoms with Gasteiger partial charge in [0.2, 0.25) is 11.8 Å². The van der Waals surface area contributed by atoms with Crippen LogP contribution in [0.15, 0.2) is 0 Å². The van der Waals surface area contributed by atoms with Crippen LogP contribution in [-0.4, -0.2) is 24.9 Å². The summed E-state index contributed by atoms with van der Waals surface area (Å²) in [6.07, 6.45) is 7.06. The van der Waals surface area contributed by atoms with Gasteiger partial charge < -0.3 is 10.6 Å². The first-order valence-electron chi connectivity index (χ1n) is 8.71. The summed E-state index contributed by atoms with van der Waals surface area (Å²) in [4.78, 5) is 23.1. The number of fused-ring (bicyclic) bond motifs is 1. The molecule has 2 rings (SSSR count). The summed E-state index contributed by atoms with van der Waals surface area (Å²) in [7, 11) is 0. The Labute approximate surface area is 133 Å². The van der Waals surface area contributed by atoms with Gasteiger partial charge in [0.25, 0.3) is 0 Å². The Kier molecular flexibility index (Phi) is 6.76. The Balaban J connectivity index is 1.52. The maximum atomic E-state index is 11.9. The second-order valence-electron chi connectivity index (χ2n) is 6.39. The molecule has 1 saturated carbocycles. The predicted octanol–water partition coefficient (Wildman–Crippen LogP) is 2.24. The van der Waals surface area contributed by atoms with Gasteiger partial charge >= 0.3 is 0 Å². The van der Waals surface area contributed by atoms with Gasteiger partial charge in [-0.3, -0.25) is 9.59 Å². The Hall–Kier alpha value is -1.50. The third kappa shape index (κ3) is 5.36. The molecule has 0 saturated heterocycles. The minimum Gasteiger partial charge on any atom is -0.356 e. The molecule has 0 aromatic rings. The highest BCUT2D eigenvalue weighted by Gasteiger charge is 2.48. The quantitative estimate of drug-likeness (QED) is 0.534. The first-order chi connectivity index (χ1) is 10.7. The molecule has 2 aliphatic carbocycles. The predicted molar refractivity (Wildman–Crippen MR) is 86.9 cm³/mol. The molecule has 4 nitrogen and oxygen atoms in total. The van der Waals surface area contributed by atoms with Crippen LogP contribution >= 0.6 is 0 Å². The van der Waals surface area contributed by atoms with Gasteiger partial charge in [-0.2, -0.15) is 0 Å². The maximum Gasteiger partial charge on any atom is 0.220 e. The summed E-state index contributed by atoms with van der Waals surface area (Å²) < 4.78 is 0. The van der Waals surface area contributed by atoms with E-state index in [-0.39, 0.29) is 11.8 Å². The van der Waals surface area contributed by atoms with E-state index in [0.29, 0.717) is 25.3 Å². The standard InChI is InChI=1S/C18H28N2O2/c1-2-19-17(21)11-7-8-12-18(22)20-13-16-14-9-5-3-4-6-10-15(14)16/h14-16H,2,5-13H2,1H3,(H,19,21)(H,20,22). The summed E-state index contributed by atoms with van der Waals surface area (Å²) in [5.41, 5.74) is 0. The van der Waals surface area contributed by atoms with Crippen LogP contribution in [0.3, 0.4) is 0 Å². The van der Waals surface area contributed by atoms with Crippen molar-refractivity contribution in [3.63, 3.8) is 0 Å². The van der Waals surface area contributed by atoms with E-state index in [1.54, 1.807) is 0 Å². The van der Waals surface area contributed by atoms with Crippen molar-refractivity contribution in [3.8, 4) is 11.8 Å². The van der Waals surface area contributed by atoms with Crippen molar-refractivity contribution in [1.82, 2.24) is 10.6 Å². The zero-order chi connectivity index (χ0) is 15.8. The fraction of sp³-hybridized carbons (Fsp3) is 0.778. The zero-order valence-corrected chi connectivity index (χ0v) is 13.6. The van der Waals surface area contributed by atoms with Gasteiger partial charge in [0.1, 0.15) is 0 Å². The molecule has 22 heavy (non-hydrogen) atoms. The monoisotopic (exact) mass is 304 g/mol. The molecule has 2 atom stereocenters. The van der Waals surface area contributed by atoms with Gasteiger partial charge in [-0.05, 0) is 50.4 Å². The van der Waals surface area contributed by atoms with Crippen molar-refractivity contribution in [1.29, 1.82) is 0 Å². The largest absolute Gasteiger partial charge is 0.356 e. The molecule has 1 fully saturated rings. The van der Waals surface area contributed by atoms with E-state index < -0.39 is 0 Å². The summed E-state index contributed by atoms with van der Waals surface area (Å²) >= 11 is 0. The summed E-state index contributed by atoms with van der Waals surface area (Å²) in [6.45, 7) is 3.41. The van der Waals surface area contributed by atoms with Crippen LogP contribution in [0.2, 0.25) is 0 Å². The van der Waals surface area contributed by atoms with Gasteiger partial charge in [0.05, 0.1) is 0 Å². The summed E-state index contributed by atoms with van der Waals surface area (Å²) in [5, 5.41) is 5.85. The van der Waals surface area contributed by atoms with Crippen molar-refractivity contribution in [2.24, 2.45) is 17.8 Å². The van der Waals surface area contributed by atoms with Crippen molar-refractivity contribution < 1.29 is 9.59 Å². The highest BCUT2D eigenvalue weighted by Crippen LogP contribution is 2.51. The van der Waals surface area contributed by atoms with E-state index in [0.717, 1.165) is 44.1 Å². The van der Waals surface area contributed by atoms with Gasteiger partial charge in [-0.1, -0.05) is 0 Å². The van der Waals surface area contributed by atoms with E-state index in [1.165, 1.54) is 12.8 Å². The van der Waals surface area contributed by atoms with Crippen molar-refractivity contribution in [2.75, 3.05) is 13.1 Å². The van der Waals surface area contributed by atoms with Gasteiger partial charge in [-0.25, -0.2) is 0 Å². The van der Waals surface area contributed by atoms with Crippen LogP contribution in [0, 0.1) is 29.6 Å². The molecule has 0 radical (unpaired) electrons. The lowest BCUT2D eigenvalue weighted by atomic mass is 10.1. The molecule has 0 bridgehead atoms. The maximum absolute atomic E-state index is 11.9. The average Bonchev–Trinajstić information content (AvgIpc) is 3.11. The molecule has 2 N–H and O–H groups in total. The second-order valence-corrected chi connectivity index (χ2v) is 6.39. The van der Waals surface area contributed by atoms with E-state index in [2.05, 4.69) is 22.5 Å². The molecule has 4 heteroatoms. The molecule has 0 aromatic heterocycles. The zero-order valence-electron chi connectivity index (χ0n) is 13.6. The van der Waals surface area contributed by atoms with Gasteiger partial charge in [0, 0.05) is 38.8 Å². The van der Waals surface area contributed by atoms with Crippen molar-refractivity contribution in [3.05, 3.63) is 0 Å². The fourth-order valence-corrected chi connectivity index (χ4v) is 3.51. The minimum atomic E-state index is 0.0827. The average molecular weight is 304 g/mol. The van der Waals surface area contributed by atoms with Crippen LogP contribution in [-0.2, 0) is 9.59 Å². The highest BCUT2D eigenvalue weighted by molar-refractivity contribution is 5.77. The molecular formula is C18H28N2O2. The molecule has 0 aromatic carbocycles. The molecule has 0 spiro atoms. The molecule has 2 amide bonds. The minimum absolute atomic E-state index is 0.0827. The van der Waals surface area contributed by atoms with Crippen molar-refractivity contribution >= 4 is 11.8 Å². The molecule has 0 aliphatic heterocycles. The fourth-order valence-electron chi connectivity index (χ4n) is 3.51. The van der Waals surface area contributed by atoms with E-state index in [9.17, 15) is 9.59 Å². The lowest BCUT2D eigenvalue weighted by Gasteiger charge is -2.05. The molecular weight excluding hydrogens is 276 g/mol. The number of carbonyl (C=O) groups excluding carboxylic acids is 2. The van der Waals surface area contributed by atoms with E-state index >= 15 is 0 Å². The number of hydrogen-bond donors (Lipinski definition) is 2. The topological polar surface area (TPSA) is 58.2 Å². The SMILES string of the molecule is CCNC(=O)CCCCC(=O)NCC1C2CCC#CCCC21. The molecule has 0 heterocycles. The van der Waals surface area contributed by atoms with Gasteiger partial charge in [-0.15, -0.1) is 11.8 Å². The third-order valence-electron chi connectivity index (χ3n) is 4.81. The van der Waals surface area contributed by atoms with Crippen LogP contribution < -0.4 is 10.6 Å². The van der Waals surface area contributed by atoms with Crippen LogP contribution in [0.4, 0.5) is 0 Å². The van der Waals surface area contributed by atoms with Crippen LogP contribution in [0.25, 0.3) is 0 Å². The Morgan fingerprint density at radius 3 is 2.05 bits per heavy atom. The van der Waals surface area contributed by atoms with Gasteiger partial charge in [0.15, 0.2) is 0 Å². The lowest BCUT2D eigenvalue weighted by Crippen LogP contribution is -2.26. The van der Waals surface area contributed by atoms with Crippen molar-refractivity contribution in [2.45, 2.75) is 58.3 Å². The van der Waals surface area contributed by atoms with E-state index in [1.807, 2.05) is 6.92 Å². The number of hydrogen-bond acceptors (Lipinski definition) is 2. The third-order valence-corrected chi connectivity index (χ3v) is 4.81.